The van der Waals surface area contributed by atoms with Crippen LogP contribution in [-0.4, -0.2) is 21.8 Å². The fraction of sp³-hybridized carbons (Fsp3) is 0.583. The molecule has 1 aromatic rings. The van der Waals surface area contributed by atoms with Crippen LogP contribution in [0.3, 0.4) is 0 Å². The van der Waals surface area contributed by atoms with E-state index in [-0.39, 0.29) is 17.0 Å². The predicted octanol–water partition coefficient (Wildman–Crippen LogP) is 3.24. The molecule has 0 radical (unpaired) electrons. The molecule has 1 aliphatic rings. The monoisotopic (exact) mass is 314 g/mol. The molecule has 0 unspecified atom stereocenters. The zero-order chi connectivity index (χ0) is 13.2. The van der Waals surface area contributed by atoms with Gasteiger partial charge in [0, 0.05) is 17.7 Å². The molecule has 0 aliphatic heterocycles. The van der Waals surface area contributed by atoms with Gasteiger partial charge in [-0.05, 0) is 34.9 Å². The average molecular weight is 315 g/mol. The molecule has 5 nitrogen and oxygen atoms in total. The molecule has 18 heavy (non-hydrogen) atoms. The molecule has 1 saturated carbocycles. The number of aryl methyl sites for hydroxylation is 1. The van der Waals surface area contributed by atoms with Gasteiger partial charge in [0.15, 0.2) is 0 Å². The standard InChI is InChI=1S/C12H15BrN2O3/c1-9-3-4-10(11(14-9)15(16)17)18-8-12(7-13)5-2-6-12/h3-4H,2,5-8H2,1H3. The van der Waals surface area contributed by atoms with E-state index in [1.165, 1.54) is 6.42 Å². The number of pyridine rings is 1. The van der Waals surface area contributed by atoms with E-state index in [1.54, 1.807) is 19.1 Å². The number of alkyl halides is 1. The van der Waals surface area contributed by atoms with Gasteiger partial charge in [0.1, 0.15) is 5.69 Å². The first-order chi connectivity index (χ1) is 8.56. The van der Waals surface area contributed by atoms with Gasteiger partial charge in [0.25, 0.3) is 0 Å². The molecule has 2 rings (SSSR count). The fourth-order valence-electron chi connectivity index (χ4n) is 2.00. The summed E-state index contributed by atoms with van der Waals surface area (Å²) in [5, 5.41) is 11.8. The molecule has 1 aromatic heterocycles. The second-order valence-corrected chi connectivity index (χ2v) is 5.37. The molecule has 98 valence electrons. The zero-order valence-electron chi connectivity index (χ0n) is 10.2. The van der Waals surface area contributed by atoms with Crippen molar-refractivity contribution in [1.82, 2.24) is 4.98 Å². The van der Waals surface area contributed by atoms with Gasteiger partial charge in [-0.15, -0.1) is 0 Å². The van der Waals surface area contributed by atoms with Crippen molar-refractivity contribution in [3.8, 4) is 5.75 Å². The molecule has 0 amide bonds. The van der Waals surface area contributed by atoms with Gasteiger partial charge in [0.05, 0.1) is 6.61 Å². The van der Waals surface area contributed by atoms with Crippen LogP contribution in [0.4, 0.5) is 5.82 Å². The van der Waals surface area contributed by atoms with E-state index in [4.69, 9.17) is 4.74 Å². The molecule has 0 spiro atoms. The molecule has 0 saturated heterocycles. The summed E-state index contributed by atoms with van der Waals surface area (Å²) in [5.74, 6) is 0.0665. The highest BCUT2D eigenvalue weighted by molar-refractivity contribution is 9.09. The van der Waals surface area contributed by atoms with Gasteiger partial charge in [0.2, 0.25) is 5.75 Å². The Kier molecular flexibility index (Phi) is 3.85. The Labute approximate surface area is 114 Å². The van der Waals surface area contributed by atoms with Crippen LogP contribution in [0.2, 0.25) is 0 Å². The number of nitrogens with zero attached hydrogens (tertiary/aromatic N) is 2. The largest absolute Gasteiger partial charge is 0.485 e. The molecule has 1 heterocycles. The first kappa shape index (κ1) is 13.3. The molecular formula is C12H15BrN2O3. The van der Waals surface area contributed by atoms with Crippen LogP contribution in [0, 0.1) is 22.5 Å². The molecule has 1 fully saturated rings. The van der Waals surface area contributed by atoms with Gasteiger partial charge < -0.3 is 14.9 Å². The highest BCUT2D eigenvalue weighted by Gasteiger charge is 2.37. The molecule has 0 bridgehead atoms. The number of halogens is 1. The maximum Gasteiger partial charge on any atom is 0.406 e. The highest BCUT2D eigenvalue weighted by atomic mass is 79.9. The first-order valence-electron chi connectivity index (χ1n) is 5.87. The van der Waals surface area contributed by atoms with E-state index in [0.29, 0.717) is 12.3 Å². The Bertz CT molecular complexity index is 455. The highest BCUT2D eigenvalue weighted by Crippen LogP contribution is 2.43. The maximum atomic E-state index is 10.9. The summed E-state index contributed by atoms with van der Waals surface area (Å²) < 4.78 is 5.62. The summed E-state index contributed by atoms with van der Waals surface area (Å²) in [7, 11) is 0. The van der Waals surface area contributed by atoms with E-state index in [2.05, 4.69) is 20.9 Å². The maximum absolute atomic E-state index is 10.9. The number of nitro groups is 1. The van der Waals surface area contributed by atoms with Crippen LogP contribution in [0.5, 0.6) is 5.75 Å². The van der Waals surface area contributed by atoms with Crippen LogP contribution < -0.4 is 4.74 Å². The normalized spacial score (nSPS) is 17.0. The number of rotatable bonds is 5. The lowest BCUT2D eigenvalue weighted by Gasteiger charge is -2.39. The van der Waals surface area contributed by atoms with Gasteiger partial charge in [-0.2, -0.15) is 0 Å². The number of ether oxygens (including phenoxy) is 1. The lowest BCUT2D eigenvalue weighted by atomic mass is 9.71. The van der Waals surface area contributed by atoms with E-state index in [1.807, 2.05) is 0 Å². The van der Waals surface area contributed by atoms with E-state index in [9.17, 15) is 10.1 Å². The third kappa shape index (κ3) is 2.63. The second kappa shape index (κ2) is 5.22. The van der Waals surface area contributed by atoms with Crippen LogP contribution in [0.15, 0.2) is 12.1 Å². The Hall–Kier alpha value is -1.17. The average Bonchev–Trinajstić information content (AvgIpc) is 2.29. The van der Waals surface area contributed by atoms with Gasteiger partial charge >= 0.3 is 5.82 Å². The fourth-order valence-corrected chi connectivity index (χ4v) is 2.72. The minimum atomic E-state index is -0.496. The van der Waals surface area contributed by atoms with Crippen molar-refractivity contribution in [3.63, 3.8) is 0 Å². The van der Waals surface area contributed by atoms with Crippen LogP contribution >= 0.6 is 15.9 Å². The first-order valence-corrected chi connectivity index (χ1v) is 6.99. The summed E-state index contributed by atoms with van der Waals surface area (Å²) in [5.41, 5.74) is 0.756. The van der Waals surface area contributed by atoms with E-state index in [0.717, 1.165) is 18.2 Å². The SMILES string of the molecule is Cc1ccc(OCC2(CBr)CCC2)c([N+](=O)[O-])n1. The van der Waals surface area contributed by atoms with Crippen LogP contribution in [0.25, 0.3) is 0 Å². The number of aromatic nitrogens is 1. The summed E-state index contributed by atoms with van der Waals surface area (Å²) in [4.78, 5) is 14.3. The molecule has 0 aromatic carbocycles. The Morgan fingerprint density at radius 3 is 2.78 bits per heavy atom. The van der Waals surface area contributed by atoms with Crippen LogP contribution in [0.1, 0.15) is 25.0 Å². The molecule has 6 heteroatoms. The molecular weight excluding hydrogens is 300 g/mol. The van der Waals surface area contributed by atoms with Crippen molar-refractivity contribution in [1.29, 1.82) is 0 Å². The van der Waals surface area contributed by atoms with Gasteiger partial charge in [-0.3, -0.25) is 0 Å². The Balaban J connectivity index is 2.11. The van der Waals surface area contributed by atoms with Crippen molar-refractivity contribution in [2.45, 2.75) is 26.2 Å². The van der Waals surface area contributed by atoms with E-state index < -0.39 is 4.92 Å². The molecule has 0 N–H and O–H groups in total. The topological polar surface area (TPSA) is 65.3 Å². The van der Waals surface area contributed by atoms with Crippen molar-refractivity contribution >= 4 is 21.7 Å². The quantitative estimate of drug-likeness (QED) is 0.475. The smallest absolute Gasteiger partial charge is 0.406 e. The van der Waals surface area contributed by atoms with Gasteiger partial charge in [-0.25, -0.2) is 0 Å². The summed E-state index contributed by atoms with van der Waals surface area (Å²) in [6, 6.07) is 3.35. The lowest BCUT2D eigenvalue weighted by molar-refractivity contribution is -0.390. The molecule has 1 aliphatic carbocycles. The Morgan fingerprint density at radius 2 is 2.28 bits per heavy atom. The van der Waals surface area contributed by atoms with Crippen molar-refractivity contribution < 1.29 is 9.66 Å². The minimum Gasteiger partial charge on any atom is -0.485 e. The third-order valence-electron chi connectivity index (χ3n) is 3.38. The predicted molar refractivity (Wildman–Crippen MR) is 71.2 cm³/mol. The third-order valence-corrected chi connectivity index (χ3v) is 4.57. The van der Waals surface area contributed by atoms with Crippen molar-refractivity contribution in [2.75, 3.05) is 11.9 Å². The van der Waals surface area contributed by atoms with Gasteiger partial charge in [-0.1, -0.05) is 22.4 Å². The lowest BCUT2D eigenvalue weighted by Crippen LogP contribution is -2.37. The number of hydrogen-bond acceptors (Lipinski definition) is 4. The van der Waals surface area contributed by atoms with E-state index >= 15 is 0 Å². The van der Waals surface area contributed by atoms with Crippen molar-refractivity contribution in [3.05, 3.63) is 27.9 Å². The second-order valence-electron chi connectivity index (χ2n) is 4.81. The van der Waals surface area contributed by atoms with Crippen molar-refractivity contribution in [2.24, 2.45) is 5.41 Å². The zero-order valence-corrected chi connectivity index (χ0v) is 11.8. The minimum absolute atomic E-state index is 0.138. The van der Waals surface area contributed by atoms with Crippen LogP contribution in [-0.2, 0) is 0 Å². The summed E-state index contributed by atoms with van der Waals surface area (Å²) >= 11 is 3.49. The summed E-state index contributed by atoms with van der Waals surface area (Å²) in [6.45, 7) is 2.23. The Morgan fingerprint density at radius 1 is 1.56 bits per heavy atom. The summed E-state index contributed by atoms with van der Waals surface area (Å²) in [6.07, 6.45) is 3.40. The molecule has 0 atom stereocenters. The number of hydrogen-bond donors (Lipinski definition) is 0.